The summed E-state index contributed by atoms with van der Waals surface area (Å²) in [4.78, 5) is 19.7. The van der Waals surface area contributed by atoms with Gasteiger partial charge in [-0.15, -0.1) is 0 Å². The van der Waals surface area contributed by atoms with Crippen LogP contribution in [0.15, 0.2) is 35.6 Å². The Balaban J connectivity index is 2.04. The number of carbonyl (C=O) groups is 1. The molecule has 0 bridgehead atoms. The highest BCUT2D eigenvalue weighted by molar-refractivity contribution is 8.00. The van der Waals surface area contributed by atoms with E-state index in [0.717, 1.165) is 34.7 Å². The molecule has 1 aromatic heterocycles. The fourth-order valence-electron chi connectivity index (χ4n) is 2.40. The van der Waals surface area contributed by atoms with E-state index in [9.17, 15) is 4.79 Å². The van der Waals surface area contributed by atoms with E-state index in [0.29, 0.717) is 0 Å². The topological polar surface area (TPSA) is 63.1 Å². The lowest BCUT2D eigenvalue weighted by molar-refractivity contribution is -0.136. The van der Waals surface area contributed by atoms with Crippen LogP contribution in [-0.4, -0.2) is 26.3 Å². The normalized spacial score (nSPS) is 14.2. The van der Waals surface area contributed by atoms with Crippen LogP contribution in [0.1, 0.15) is 18.1 Å². The zero-order chi connectivity index (χ0) is 14.1. The van der Waals surface area contributed by atoms with Crippen molar-refractivity contribution in [2.75, 3.05) is 0 Å². The minimum atomic E-state index is -0.821. The van der Waals surface area contributed by atoms with Crippen LogP contribution in [0.2, 0.25) is 0 Å². The van der Waals surface area contributed by atoms with Gasteiger partial charge in [0.15, 0.2) is 0 Å². The van der Waals surface area contributed by atoms with E-state index in [1.165, 1.54) is 23.7 Å². The van der Waals surface area contributed by atoms with Crippen molar-refractivity contribution >= 4 is 17.7 Å². The molecule has 0 fully saturated rings. The van der Waals surface area contributed by atoms with Crippen molar-refractivity contribution in [1.82, 2.24) is 9.97 Å². The van der Waals surface area contributed by atoms with Gasteiger partial charge in [-0.25, -0.2) is 9.97 Å². The fourth-order valence-corrected chi connectivity index (χ4v) is 3.29. The predicted octanol–water partition coefficient (Wildman–Crippen LogP) is 2.81. The van der Waals surface area contributed by atoms with Crippen LogP contribution < -0.4 is 0 Å². The number of aromatic nitrogens is 2. The molecule has 1 unspecified atom stereocenters. The number of benzene rings is 1. The average molecular weight is 286 g/mol. The lowest BCUT2D eigenvalue weighted by Crippen LogP contribution is -2.14. The van der Waals surface area contributed by atoms with Gasteiger partial charge in [0, 0.05) is 11.1 Å². The summed E-state index contributed by atoms with van der Waals surface area (Å²) >= 11 is 1.29. The highest BCUT2D eigenvalue weighted by Gasteiger charge is 2.23. The van der Waals surface area contributed by atoms with Crippen molar-refractivity contribution in [3.8, 4) is 11.3 Å². The summed E-state index contributed by atoms with van der Waals surface area (Å²) in [5.74, 6) is -0.821. The number of aryl methyl sites for hydroxylation is 1. The van der Waals surface area contributed by atoms with Gasteiger partial charge < -0.3 is 5.11 Å². The first-order valence-electron chi connectivity index (χ1n) is 6.48. The second-order valence-corrected chi connectivity index (χ2v) is 6.09. The molecule has 0 aliphatic heterocycles. The Morgan fingerprint density at radius 2 is 2.10 bits per heavy atom. The van der Waals surface area contributed by atoms with Crippen molar-refractivity contribution < 1.29 is 9.90 Å². The van der Waals surface area contributed by atoms with Crippen molar-refractivity contribution in [2.45, 2.75) is 30.0 Å². The Labute approximate surface area is 121 Å². The van der Waals surface area contributed by atoms with Crippen LogP contribution in [0.3, 0.4) is 0 Å². The molecule has 5 heteroatoms. The van der Waals surface area contributed by atoms with Gasteiger partial charge in [-0.05, 0) is 25.3 Å². The second-order valence-electron chi connectivity index (χ2n) is 4.76. The van der Waals surface area contributed by atoms with E-state index in [1.54, 1.807) is 6.92 Å². The van der Waals surface area contributed by atoms with Gasteiger partial charge >= 0.3 is 5.97 Å². The van der Waals surface area contributed by atoms with Crippen LogP contribution in [0, 0.1) is 0 Å². The number of nitrogens with zero attached hydrogens (tertiary/aromatic N) is 2. The fraction of sp³-hybridized carbons (Fsp3) is 0.267. The zero-order valence-electron chi connectivity index (χ0n) is 11.0. The molecule has 1 N–H and O–H groups in total. The Kier molecular flexibility index (Phi) is 3.44. The number of hydrogen-bond acceptors (Lipinski definition) is 4. The largest absolute Gasteiger partial charge is 0.480 e. The first kappa shape index (κ1) is 13.1. The maximum Gasteiger partial charge on any atom is 0.316 e. The molecule has 2 aromatic rings. The number of fused-ring (bicyclic) bond motifs is 3. The molecule has 0 spiro atoms. The summed E-state index contributed by atoms with van der Waals surface area (Å²) in [6.07, 6.45) is 3.34. The molecule has 0 saturated carbocycles. The highest BCUT2D eigenvalue weighted by atomic mass is 32.2. The average Bonchev–Trinajstić information content (AvgIpc) is 2.47. The van der Waals surface area contributed by atoms with Gasteiger partial charge in [0.2, 0.25) is 0 Å². The lowest BCUT2D eigenvalue weighted by atomic mass is 9.90. The van der Waals surface area contributed by atoms with Gasteiger partial charge in [-0.3, -0.25) is 4.79 Å². The number of aliphatic carboxylic acids is 1. The van der Waals surface area contributed by atoms with E-state index >= 15 is 0 Å². The van der Waals surface area contributed by atoms with Gasteiger partial charge in [-0.1, -0.05) is 36.0 Å². The molecule has 1 heterocycles. The van der Waals surface area contributed by atoms with Crippen molar-refractivity contribution in [1.29, 1.82) is 0 Å². The van der Waals surface area contributed by atoms with E-state index in [1.807, 2.05) is 12.1 Å². The first-order chi connectivity index (χ1) is 9.66. The summed E-state index contributed by atoms with van der Waals surface area (Å²) in [5, 5.41) is 9.32. The van der Waals surface area contributed by atoms with E-state index < -0.39 is 11.2 Å². The molecule has 1 aliphatic carbocycles. The maximum absolute atomic E-state index is 11.0. The Hall–Kier alpha value is -1.88. The Bertz CT molecular complexity index is 673. The molecule has 1 atom stereocenters. The second kappa shape index (κ2) is 5.25. The molecule has 0 radical (unpaired) electrons. The van der Waals surface area contributed by atoms with Gasteiger partial charge in [0.05, 0.1) is 5.69 Å². The standard InChI is InChI=1S/C15H14N2O2S/c1-9(15(18)19)20-14-12-7-6-10-4-2-3-5-11(10)13(12)16-8-17-14/h2-5,8-9H,6-7H2,1H3,(H,18,19). The molecular weight excluding hydrogens is 272 g/mol. The van der Waals surface area contributed by atoms with E-state index in [4.69, 9.17) is 5.11 Å². The molecule has 3 rings (SSSR count). The van der Waals surface area contributed by atoms with E-state index in [2.05, 4.69) is 22.1 Å². The first-order valence-corrected chi connectivity index (χ1v) is 7.36. The molecule has 0 amide bonds. The van der Waals surface area contributed by atoms with Crippen LogP contribution in [0.4, 0.5) is 0 Å². The number of rotatable bonds is 3. The Morgan fingerprint density at radius 3 is 2.90 bits per heavy atom. The summed E-state index contributed by atoms with van der Waals surface area (Å²) in [6, 6.07) is 8.22. The van der Waals surface area contributed by atoms with Crippen molar-refractivity contribution in [3.63, 3.8) is 0 Å². The van der Waals surface area contributed by atoms with Crippen LogP contribution in [0.5, 0.6) is 0 Å². The number of carboxylic acid groups (broad SMARTS) is 1. The molecule has 4 nitrogen and oxygen atoms in total. The molecule has 1 aliphatic rings. The quantitative estimate of drug-likeness (QED) is 0.694. The lowest BCUT2D eigenvalue weighted by Gasteiger charge is -2.20. The van der Waals surface area contributed by atoms with Crippen LogP contribution in [-0.2, 0) is 17.6 Å². The maximum atomic E-state index is 11.0. The minimum absolute atomic E-state index is 0.508. The summed E-state index contributed by atoms with van der Waals surface area (Å²) in [7, 11) is 0. The molecular formula is C15H14N2O2S. The SMILES string of the molecule is CC(Sc1ncnc2c1CCc1ccccc1-2)C(=O)O. The van der Waals surface area contributed by atoms with Crippen LogP contribution >= 0.6 is 11.8 Å². The van der Waals surface area contributed by atoms with Crippen molar-refractivity contribution in [3.05, 3.63) is 41.7 Å². The third kappa shape index (κ3) is 2.29. The third-order valence-electron chi connectivity index (χ3n) is 3.46. The molecule has 20 heavy (non-hydrogen) atoms. The predicted molar refractivity (Wildman–Crippen MR) is 77.8 cm³/mol. The number of thioether (sulfide) groups is 1. The van der Waals surface area contributed by atoms with Gasteiger partial charge in [0.25, 0.3) is 0 Å². The number of carboxylic acids is 1. The van der Waals surface area contributed by atoms with Gasteiger partial charge in [0.1, 0.15) is 16.6 Å². The highest BCUT2D eigenvalue weighted by Crippen LogP contribution is 2.36. The summed E-state index contributed by atoms with van der Waals surface area (Å²) < 4.78 is 0. The molecule has 1 aromatic carbocycles. The minimum Gasteiger partial charge on any atom is -0.480 e. The molecule has 102 valence electrons. The molecule has 0 saturated heterocycles. The smallest absolute Gasteiger partial charge is 0.316 e. The monoisotopic (exact) mass is 286 g/mol. The summed E-state index contributed by atoms with van der Waals surface area (Å²) in [5.41, 5.74) is 4.45. The van der Waals surface area contributed by atoms with Crippen molar-refractivity contribution in [2.24, 2.45) is 0 Å². The Morgan fingerprint density at radius 1 is 1.30 bits per heavy atom. The van der Waals surface area contributed by atoms with E-state index in [-0.39, 0.29) is 0 Å². The zero-order valence-corrected chi connectivity index (χ0v) is 11.9. The van der Waals surface area contributed by atoms with Crippen LogP contribution in [0.25, 0.3) is 11.3 Å². The summed E-state index contributed by atoms with van der Waals surface area (Å²) in [6.45, 7) is 1.68. The van der Waals surface area contributed by atoms with Gasteiger partial charge in [-0.2, -0.15) is 0 Å². The third-order valence-corrected chi connectivity index (χ3v) is 4.59. The number of hydrogen-bond donors (Lipinski definition) is 1.